The molecular formula is C12H15F3N2. The van der Waals surface area contributed by atoms with Crippen LogP contribution in [-0.2, 0) is 6.54 Å². The average Bonchev–Trinajstić information content (AvgIpc) is 2.29. The molecular weight excluding hydrogens is 229 g/mol. The molecule has 0 amide bonds. The van der Waals surface area contributed by atoms with Crippen LogP contribution in [0.2, 0.25) is 0 Å². The molecule has 0 aromatic heterocycles. The highest BCUT2D eigenvalue weighted by molar-refractivity contribution is 5.14. The Bertz CT molecular complexity index is 351. The van der Waals surface area contributed by atoms with Crippen molar-refractivity contribution in [3.05, 3.63) is 35.9 Å². The molecule has 1 aliphatic rings. The Kier molecular flexibility index (Phi) is 3.69. The summed E-state index contributed by atoms with van der Waals surface area (Å²) in [6, 6.07) is 8.17. The highest BCUT2D eigenvalue weighted by Crippen LogP contribution is 2.23. The Morgan fingerprint density at radius 3 is 2.59 bits per heavy atom. The molecule has 1 N–H and O–H groups in total. The number of nitrogens with zero attached hydrogens (tertiary/aromatic N) is 1. The maximum absolute atomic E-state index is 12.6. The Hall–Kier alpha value is -1.07. The van der Waals surface area contributed by atoms with Gasteiger partial charge < -0.3 is 5.32 Å². The van der Waals surface area contributed by atoms with E-state index >= 15 is 0 Å². The normalized spacial score (nSPS) is 22.6. The summed E-state index contributed by atoms with van der Waals surface area (Å²) < 4.78 is 37.7. The standard InChI is InChI=1S/C12H15F3N2/c13-12(14,15)11-9-17(7-6-16-11)8-10-4-2-1-3-5-10/h1-5,11,16H,6-9H2/t11-/m1/s1. The molecule has 5 heteroatoms. The molecule has 0 aliphatic carbocycles. The number of halogens is 3. The van der Waals surface area contributed by atoms with E-state index in [1.165, 1.54) is 0 Å². The minimum Gasteiger partial charge on any atom is -0.304 e. The van der Waals surface area contributed by atoms with Crippen molar-refractivity contribution in [3.8, 4) is 0 Å². The van der Waals surface area contributed by atoms with Gasteiger partial charge in [-0.15, -0.1) is 0 Å². The molecule has 2 nitrogen and oxygen atoms in total. The van der Waals surface area contributed by atoms with E-state index in [4.69, 9.17) is 0 Å². The van der Waals surface area contributed by atoms with Crippen LogP contribution < -0.4 is 5.32 Å². The molecule has 2 rings (SSSR count). The lowest BCUT2D eigenvalue weighted by molar-refractivity contribution is -0.165. The molecule has 1 atom stereocenters. The van der Waals surface area contributed by atoms with Crippen molar-refractivity contribution >= 4 is 0 Å². The van der Waals surface area contributed by atoms with Crippen LogP contribution in [0.1, 0.15) is 5.56 Å². The zero-order chi connectivity index (χ0) is 12.3. The van der Waals surface area contributed by atoms with Crippen LogP contribution in [0.25, 0.3) is 0 Å². The Balaban J connectivity index is 1.94. The predicted octanol–water partition coefficient (Wildman–Crippen LogP) is 2.02. The fourth-order valence-corrected chi connectivity index (χ4v) is 2.02. The first-order valence-corrected chi connectivity index (χ1v) is 5.62. The van der Waals surface area contributed by atoms with Crippen molar-refractivity contribution in [1.29, 1.82) is 0 Å². The SMILES string of the molecule is FC(F)(F)[C@H]1CN(Cc2ccccc2)CCN1. The first-order valence-electron chi connectivity index (χ1n) is 5.62. The molecule has 1 fully saturated rings. The molecule has 0 radical (unpaired) electrons. The van der Waals surface area contributed by atoms with Crippen molar-refractivity contribution < 1.29 is 13.2 Å². The van der Waals surface area contributed by atoms with Gasteiger partial charge in [-0.3, -0.25) is 4.90 Å². The zero-order valence-corrected chi connectivity index (χ0v) is 9.37. The summed E-state index contributed by atoms with van der Waals surface area (Å²) in [6.45, 7) is 1.64. The average molecular weight is 244 g/mol. The molecule has 0 saturated carbocycles. The predicted molar refractivity (Wildman–Crippen MR) is 59.6 cm³/mol. The third-order valence-corrected chi connectivity index (χ3v) is 2.90. The van der Waals surface area contributed by atoms with E-state index in [0.29, 0.717) is 19.6 Å². The lowest BCUT2D eigenvalue weighted by Gasteiger charge is -2.34. The topological polar surface area (TPSA) is 15.3 Å². The van der Waals surface area contributed by atoms with Gasteiger partial charge in [0.2, 0.25) is 0 Å². The largest absolute Gasteiger partial charge is 0.405 e. The minimum absolute atomic E-state index is 0.0262. The van der Waals surface area contributed by atoms with Gasteiger partial charge in [0.15, 0.2) is 0 Å². The monoisotopic (exact) mass is 244 g/mol. The first-order chi connectivity index (χ1) is 8.05. The van der Waals surface area contributed by atoms with Gasteiger partial charge in [-0.1, -0.05) is 30.3 Å². The van der Waals surface area contributed by atoms with Crippen molar-refractivity contribution in [2.45, 2.75) is 18.8 Å². The minimum atomic E-state index is -4.16. The van der Waals surface area contributed by atoms with Gasteiger partial charge in [-0.05, 0) is 5.56 Å². The summed E-state index contributed by atoms with van der Waals surface area (Å²) in [4.78, 5) is 1.84. The Labute approximate surface area is 98.4 Å². The Morgan fingerprint density at radius 1 is 1.24 bits per heavy atom. The van der Waals surface area contributed by atoms with Gasteiger partial charge in [0, 0.05) is 26.2 Å². The number of nitrogens with one attached hydrogen (secondary N) is 1. The van der Waals surface area contributed by atoms with Crippen LogP contribution in [0.4, 0.5) is 13.2 Å². The van der Waals surface area contributed by atoms with Crippen molar-refractivity contribution in [2.75, 3.05) is 19.6 Å². The molecule has 1 aliphatic heterocycles. The first kappa shape index (κ1) is 12.4. The summed E-state index contributed by atoms with van der Waals surface area (Å²) in [5.74, 6) is 0. The van der Waals surface area contributed by atoms with Gasteiger partial charge in [0.05, 0.1) is 0 Å². The second kappa shape index (κ2) is 5.06. The van der Waals surface area contributed by atoms with Gasteiger partial charge >= 0.3 is 6.18 Å². The van der Waals surface area contributed by atoms with Crippen molar-refractivity contribution in [2.24, 2.45) is 0 Å². The maximum atomic E-state index is 12.6. The summed E-state index contributed by atoms with van der Waals surface area (Å²) in [5.41, 5.74) is 1.05. The third-order valence-electron chi connectivity index (χ3n) is 2.90. The molecule has 0 spiro atoms. The highest BCUT2D eigenvalue weighted by Gasteiger charge is 2.41. The van der Waals surface area contributed by atoms with E-state index in [-0.39, 0.29) is 6.54 Å². The summed E-state index contributed by atoms with van der Waals surface area (Å²) in [7, 11) is 0. The van der Waals surface area contributed by atoms with Gasteiger partial charge in [0.25, 0.3) is 0 Å². The maximum Gasteiger partial charge on any atom is 0.405 e. The van der Waals surface area contributed by atoms with E-state index < -0.39 is 12.2 Å². The molecule has 0 bridgehead atoms. The number of alkyl halides is 3. The van der Waals surface area contributed by atoms with Gasteiger partial charge in [0.1, 0.15) is 6.04 Å². The van der Waals surface area contributed by atoms with Crippen LogP contribution in [0.15, 0.2) is 30.3 Å². The highest BCUT2D eigenvalue weighted by atomic mass is 19.4. The van der Waals surface area contributed by atoms with Crippen molar-refractivity contribution in [3.63, 3.8) is 0 Å². The number of hydrogen-bond donors (Lipinski definition) is 1. The number of benzene rings is 1. The lowest BCUT2D eigenvalue weighted by atomic mass is 10.1. The summed E-state index contributed by atoms with van der Waals surface area (Å²) in [6.07, 6.45) is -4.16. The van der Waals surface area contributed by atoms with E-state index in [1.807, 2.05) is 35.2 Å². The fraction of sp³-hybridized carbons (Fsp3) is 0.500. The fourth-order valence-electron chi connectivity index (χ4n) is 2.02. The van der Waals surface area contributed by atoms with E-state index in [9.17, 15) is 13.2 Å². The van der Waals surface area contributed by atoms with Crippen LogP contribution in [-0.4, -0.2) is 36.8 Å². The van der Waals surface area contributed by atoms with Crippen LogP contribution in [0.3, 0.4) is 0 Å². The zero-order valence-electron chi connectivity index (χ0n) is 9.37. The van der Waals surface area contributed by atoms with E-state index in [1.54, 1.807) is 0 Å². The second-order valence-corrected chi connectivity index (χ2v) is 4.27. The number of hydrogen-bond acceptors (Lipinski definition) is 2. The third kappa shape index (κ3) is 3.44. The molecule has 1 aromatic rings. The van der Waals surface area contributed by atoms with Crippen LogP contribution in [0, 0.1) is 0 Å². The number of rotatable bonds is 2. The Morgan fingerprint density at radius 2 is 1.94 bits per heavy atom. The van der Waals surface area contributed by atoms with Crippen LogP contribution >= 0.6 is 0 Å². The molecule has 1 heterocycles. The molecule has 17 heavy (non-hydrogen) atoms. The smallest absolute Gasteiger partial charge is 0.304 e. The molecule has 0 unspecified atom stereocenters. The molecule has 1 saturated heterocycles. The molecule has 1 aromatic carbocycles. The molecule has 94 valence electrons. The second-order valence-electron chi connectivity index (χ2n) is 4.27. The van der Waals surface area contributed by atoms with Gasteiger partial charge in [-0.25, -0.2) is 0 Å². The summed E-state index contributed by atoms with van der Waals surface area (Å²) in [5, 5.41) is 2.51. The van der Waals surface area contributed by atoms with E-state index in [2.05, 4.69) is 5.32 Å². The van der Waals surface area contributed by atoms with E-state index in [0.717, 1.165) is 5.56 Å². The van der Waals surface area contributed by atoms with Crippen LogP contribution in [0.5, 0.6) is 0 Å². The van der Waals surface area contributed by atoms with Gasteiger partial charge in [-0.2, -0.15) is 13.2 Å². The lowest BCUT2D eigenvalue weighted by Crippen LogP contribution is -2.56. The van der Waals surface area contributed by atoms with Crippen molar-refractivity contribution in [1.82, 2.24) is 10.2 Å². The summed E-state index contributed by atoms with van der Waals surface area (Å²) >= 11 is 0. The number of piperazine rings is 1. The quantitative estimate of drug-likeness (QED) is 0.856.